The minimum absolute atomic E-state index is 0.0249. The molecule has 1 heterocycles. The molecule has 1 amide bonds. The van der Waals surface area contributed by atoms with Gasteiger partial charge in [-0.2, -0.15) is 4.72 Å². The standard InChI is InChI=1S/C20H23FN2O5S/c1-4-27-18-10-14-9-12(2)28-17(14)11-16(18)22-20(24)13(3)23-29(25,26)19-8-6-5-7-15(19)21/h5-8,10-13,23H,4,9H2,1-3H3,(H,22,24). The summed E-state index contributed by atoms with van der Waals surface area (Å²) in [6, 6.07) is 7.29. The number of carbonyl (C=O) groups excluding carboxylic acids is 1. The summed E-state index contributed by atoms with van der Waals surface area (Å²) in [6.07, 6.45) is 0.764. The van der Waals surface area contributed by atoms with Crippen molar-refractivity contribution >= 4 is 21.6 Å². The van der Waals surface area contributed by atoms with Gasteiger partial charge in [-0.15, -0.1) is 0 Å². The van der Waals surface area contributed by atoms with Crippen LogP contribution >= 0.6 is 0 Å². The van der Waals surface area contributed by atoms with Gasteiger partial charge >= 0.3 is 0 Å². The molecule has 0 aromatic heterocycles. The van der Waals surface area contributed by atoms with E-state index in [2.05, 4.69) is 10.0 Å². The van der Waals surface area contributed by atoms with Crippen LogP contribution in [-0.4, -0.2) is 33.1 Å². The van der Waals surface area contributed by atoms with Gasteiger partial charge in [-0.3, -0.25) is 4.79 Å². The highest BCUT2D eigenvalue weighted by Crippen LogP contribution is 2.38. The molecule has 3 rings (SSSR count). The predicted octanol–water partition coefficient (Wildman–Crippen LogP) is 2.85. The molecule has 2 aromatic rings. The molecule has 29 heavy (non-hydrogen) atoms. The van der Waals surface area contributed by atoms with Gasteiger partial charge in [0.15, 0.2) is 0 Å². The van der Waals surface area contributed by atoms with E-state index < -0.39 is 32.7 Å². The van der Waals surface area contributed by atoms with Crippen molar-refractivity contribution in [2.24, 2.45) is 0 Å². The van der Waals surface area contributed by atoms with E-state index in [1.54, 1.807) is 6.07 Å². The number of amides is 1. The highest BCUT2D eigenvalue weighted by molar-refractivity contribution is 7.89. The van der Waals surface area contributed by atoms with E-state index >= 15 is 0 Å². The maximum atomic E-state index is 13.8. The van der Waals surface area contributed by atoms with Crippen LogP contribution in [0.2, 0.25) is 0 Å². The molecule has 0 fully saturated rings. The first-order valence-electron chi connectivity index (χ1n) is 9.25. The predicted molar refractivity (Wildman–Crippen MR) is 106 cm³/mol. The average molecular weight is 422 g/mol. The number of anilines is 1. The molecule has 0 bridgehead atoms. The van der Waals surface area contributed by atoms with E-state index in [4.69, 9.17) is 9.47 Å². The van der Waals surface area contributed by atoms with Crippen molar-refractivity contribution < 1.29 is 27.1 Å². The molecule has 0 radical (unpaired) electrons. The van der Waals surface area contributed by atoms with Crippen molar-refractivity contribution in [3.05, 3.63) is 47.8 Å². The van der Waals surface area contributed by atoms with Gasteiger partial charge in [0.05, 0.1) is 18.3 Å². The fourth-order valence-corrected chi connectivity index (χ4v) is 4.35. The molecule has 0 saturated carbocycles. The van der Waals surface area contributed by atoms with E-state index in [0.717, 1.165) is 24.1 Å². The molecule has 9 heteroatoms. The van der Waals surface area contributed by atoms with Gasteiger partial charge in [0.1, 0.15) is 28.3 Å². The summed E-state index contributed by atoms with van der Waals surface area (Å²) in [7, 11) is -4.21. The van der Waals surface area contributed by atoms with Crippen molar-refractivity contribution in [2.45, 2.75) is 44.2 Å². The molecule has 2 N–H and O–H groups in total. The first-order valence-corrected chi connectivity index (χ1v) is 10.7. The maximum absolute atomic E-state index is 13.8. The second-order valence-corrected chi connectivity index (χ2v) is 8.47. The Hall–Kier alpha value is -2.65. The number of sulfonamides is 1. The third-order valence-corrected chi connectivity index (χ3v) is 5.98. The topological polar surface area (TPSA) is 93.7 Å². The third-order valence-electron chi connectivity index (χ3n) is 4.41. The highest BCUT2D eigenvalue weighted by atomic mass is 32.2. The lowest BCUT2D eigenvalue weighted by atomic mass is 10.1. The summed E-state index contributed by atoms with van der Waals surface area (Å²) in [5, 5.41) is 2.66. The minimum Gasteiger partial charge on any atom is -0.492 e. The Morgan fingerprint density at radius 1 is 1.34 bits per heavy atom. The summed E-state index contributed by atoms with van der Waals surface area (Å²) in [4.78, 5) is 12.1. The van der Waals surface area contributed by atoms with Crippen molar-refractivity contribution in [3.63, 3.8) is 0 Å². The number of benzene rings is 2. The van der Waals surface area contributed by atoms with Gasteiger partial charge in [-0.05, 0) is 39.0 Å². The summed E-state index contributed by atoms with van der Waals surface area (Å²) in [5.74, 6) is -0.384. The van der Waals surface area contributed by atoms with Gasteiger partial charge in [-0.1, -0.05) is 12.1 Å². The summed E-state index contributed by atoms with van der Waals surface area (Å²) < 4.78 is 52.1. The normalized spacial score (nSPS) is 16.6. The second kappa shape index (κ2) is 8.38. The summed E-state index contributed by atoms with van der Waals surface area (Å²) in [6.45, 7) is 5.54. The van der Waals surface area contributed by atoms with Crippen LogP contribution in [0, 0.1) is 5.82 Å². The number of ether oxygens (including phenoxy) is 2. The van der Waals surface area contributed by atoms with Crippen LogP contribution in [0.1, 0.15) is 26.3 Å². The molecule has 7 nitrogen and oxygen atoms in total. The van der Waals surface area contributed by atoms with Crippen LogP contribution in [0.25, 0.3) is 0 Å². The molecular formula is C20H23FN2O5S. The minimum atomic E-state index is -4.21. The van der Waals surface area contributed by atoms with Crippen molar-refractivity contribution in [1.82, 2.24) is 4.72 Å². The third kappa shape index (κ3) is 4.68. The molecule has 2 aromatic carbocycles. The highest BCUT2D eigenvalue weighted by Gasteiger charge is 2.27. The lowest BCUT2D eigenvalue weighted by Gasteiger charge is -2.17. The molecule has 156 valence electrons. The fourth-order valence-electron chi connectivity index (χ4n) is 3.07. The number of hydrogen-bond acceptors (Lipinski definition) is 5. The quantitative estimate of drug-likeness (QED) is 0.716. The second-order valence-electron chi connectivity index (χ2n) is 6.78. The van der Waals surface area contributed by atoms with Crippen molar-refractivity contribution in [3.8, 4) is 11.5 Å². The zero-order valence-electron chi connectivity index (χ0n) is 16.4. The Morgan fingerprint density at radius 3 is 2.76 bits per heavy atom. The van der Waals surface area contributed by atoms with E-state index in [1.165, 1.54) is 19.1 Å². The number of halogens is 1. The first-order chi connectivity index (χ1) is 13.7. The number of nitrogens with one attached hydrogen (secondary N) is 2. The van der Waals surface area contributed by atoms with Gasteiger partial charge in [-0.25, -0.2) is 12.8 Å². The SMILES string of the molecule is CCOc1cc2c(cc1NC(=O)C(C)NS(=O)(=O)c1ccccc1F)OC(C)C2. The largest absolute Gasteiger partial charge is 0.492 e. The fraction of sp³-hybridized carbons (Fsp3) is 0.350. The number of hydrogen-bond donors (Lipinski definition) is 2. The van der Waals surface area contributed by atoms with E-state index in [1.807, 2.05) is 19.9 Å². The zero-order valence-corrected chi connectivity index (χ0v) is 17.2. The Balaban J connectivity index is 1.78. The van der Waals surface area contributed by atoms with E-state index in [-0.39, 0.29) is 6.10 Å². The van der Waals surface area contributed by atoms with Crippen LogP contribution in [0.5, 0.6) is 11.5 Å². The molecule has 1 aliphatic rings. The van der Waals surface area contributed by atoms with Gasteiger partial charge < -0.3 is 14.8 Å². The molecule has 0 saturated heterocycles. The molecule has 0 spiro atoms. The zero-order chi connectivity index (χ0) is 21.2. The van der Waals surface area contributed by atoms with Gasteiger partial charge in [0.2, 0.25) is 15.9 Å². The molecule has 1 aliphatic heterocycles. The van der Waals surface area contributed by atoms with Crippen LogP contribution in [-0.2, 0) is 21.2 Å². The Labute approximate surface area is 169 Å². The number of carbonyl (C=O) groups is 1. The lowest BCUT2D eigenvalue weighted by Crippen LogP contribution is -2.41. The van der Waals surface area contributed by atoms with E-state index in [0.29, 0.717) is 23.8 Å². The van der Waals surface area contributed by atoms with Gasteiger partial charge in [0.25, 0.3) is 0 Å². The molecule has 2 atom stereocenters. The monoisotopic (exact) mass is 422 g/mol. The molecule has 0 aliphatic carbocycles. The lowest BCUT2D eigenvalue weighted by molar-refractivity contribution is -0.117. The molecular weight excluding hydrogens is 399 g/mol. The average Bonchev–Trinajstić information content (AvgIpc) is 3.00. The Bertz CT molecular complexity index is 1030. The Morgan fingerprint density at radius 2 is 2.07 bits per heavy atom. The van der Waals surface area contributed by atoms with Crippen LogP contribution in [0.4, 0.5) is 10.1 Å². The molecule has 2 unspecified atom stereocenters. The van der Waals surface area contributed by atoms with Crippen molar-refractivity contribution in [1.29, 1.82) is 0 Å². The number of fused-ring (bicyclic) bond motifs is 1. The van der Waals surface area contributed by atoms with Crippen LogP contribution < -0.4 is 19.5 Å². The Kier molecular flexibility index (Phi) is 6.09. The smallest absolute Gasteiger partial charge is 0.244 e. The maximum Gasteiger partial charge on any atom is 0.244 e. The summed E-state index contributed by atoms with van der Waals surface area (Å²) >= 11 is 0. The van der Waals surface area contributed by atoms with Crippen molar-refractivity contribution in [2.75, 3.05) is 11.9 Å². The van der Waals surface area contributed by atoms with Gasteiger partial charge in [0, 0.05) is 18.1 Å². The van der Waals surface area contributed by atoms with Crippen LogP contribution in [0.15, 0.2) is 41.3 Å². The number of rotatable bonds is 7. The van der Waals surface area contributed by atoms with E-state index in [9.17, 15) is 17.6 Å². The van der Waals surface area contributed by atoms with Crippen LogP contribution in [0.3, 0.4) is 0 Å². The summed E-state index contributed by atoms with van der Waals surface area (Å²) in [5.41, 5.74) is 1.36. The first kappa shape index (κ1) is 21.1.